The third kappa shape index (κ3) is 5.40. The van der Waals surface area contributed by atoms with Crippen LogP contribution in [-0.2, 0) is 19.1 Å². The van der Waals surface area contributed by atoms with Gasteiger partial charge in [0.25, 0.3) is 0 Å². The first-order chi connectivity index (χ1) is 14.4. The minimum absolute atomic E-state index is 0.0336. The third-order valence-corrected chi connectivity index (χ3v) is 4.95. The Hall–Kier alpha value is -3.29. The van der Waals surface area contributed by atoms with Crippen molar-refractivity contribution in [1.29, 1.82) is 5.26 Å². The Morgan fingerprint density at radius 2 is 1.97 bits per heavy atom. The van der Waals surface area contributed by atoms with Crippen molar-refractivity contribution < 1.29 is 38.0 Å². The van der Waals surface area contributed by atoms with E-state index in [-0.39, 0.29) is 17.1 Å². The predicted molar refractivity (Wildman–Crippen MR) is 103 cm³/mol. The van der Waals surface area contributed by atoms with Crippen molar-refractivity contribution in [2.75, 3.05) is 5.75 Å². The molecule has 156 valence electrons. The molecule has 0 saturated carbocycles. The molecule has 30 heavy (non-hydrogen) atoms. The lowest BCUT2D eigenvalue weighted by Crippen LogP contribution is -2.31. The number of nitrogens with zero attached hydrogens (tertiary/aromatic N) is 1. The summed E-state index contributed by atoms with van der Waals surface area (Å²) >= 11 is 1.03. The van der Waals surface area contributed by atoms with Crippen LogP contribution in [0.2, 0.25) is 0 Å². The lowest BCUT2D eigenvalue weighted by atomic mass is 10.2. The van der Waals surface area contributed by atoms with E-state index >= 15 is 0 Å². The van der Waals surface area contributed by atoms with E-state index in [1.807, 2.05) is 6.07 Å². The Labute approximate surface area is 175 Å². The molecule has 0 radical (unpaired) electrons. The van der Waals surface area contributed by atoms with Crippen LogP contribution in [0, 0.1) is 17.1 Å². The fourth-order valence-electron chi connectivity index (χ4n) is 2.42. The van der Waals surface area contributed by atoms with Crippen LogP contribution < -0.4 is 9.47 Å². The Morgan fingerprint density at radius 3 is 2.57 bits per heavy atom. The van der Waals surface area contributed by atoms with Crippen molar-refractivity contribution in [1.82, 2.24) is 0 Å². The number of carbonyl (C=O) groups excluding carboxylic acids is 1. The molecule has 1 saturated heterocycles. The monoisotopic (exact) mass is 433 g/mol. The van der Waals surface area contributed by atoms with Crippen molar-refractivity contribution in [2.45, 2.75) is 24.8 Å². The number of carboxylic acids is 1. The molecule has 1 fully saturated rings. The topological polar surface area (TPSA) is 115 Å². The van der Waals surface area contributed by atoms with E-state index in [9.17, 15) is 14.0 Å². The largest absolute Gasteiger partial charge is 0.479 e. The van der Waals surface area contributed by atoms with E-state index in [2.05, 4.69) is 0 Å². The first kappa shape index (κ1) is 21.4. The van der Waals surface area contributed by atoms with Crippen LogP contribution >= 0.6 is 11.8 Å². The summed E-state index contributed by atoms with van der Waals surface area (Å²) in [6.07, 6.45) is -1.92. The normalized spacial score (nSPS) is 18.8. The Kier molecular flexibility index (Phi) is 6.76. The van der Waals surface area contributed by atoms with Crippen LogP contribution in [-0.4, -0.2) is 40.6 Å². The molecule has 2 aromatic carbocycles. The number of rotatable bonds is 7. The van der Waals surface area contributed by atoms with Crippen LogP contribution in [0.5, 0.6) is 17.2 Å². The van der Waals surface area contributed by atoms with Gasteiger partial charge in [-0.3, -0.25) is 0 Å². The summed E-state index contributed by atoms with van der Waals surface area (Å²) in [6.45, 7) is 1.48. The van der Waals surface area contributed by atoms with E-state index in [1.165, 1.54) is 43.3 Å². The number of thioether (sulfide) groups is 1. The van der Waals surface area contributed by atoms with Crippen LogP contribution in [0.1, 0.15) is 12.5 Å². The zero-order valence-electron chi connectivity index (χ0n) is 15.6. The average molecular weight is 433 g/mol. The summed E-state index contributed by atoms with van der Waals surface area (Å²) in [4.78, 5) is 22.9. The molecule has 1 N–H and O–H groups in total. The highest BCUT2D eigenvalue weighted by molar-refractivity contribution is 8.00. The van der Waals surface area contributed by atoms with Gasteiger partial charge >= 0.3 is 11.9 Å². The standard InChI is InChI=1S/C20H16FNO7S/c1-11(19(25)28-17-10-30-20(29-17)18(23)24)26-13-3-5-14(6-4-13)27-16-7-2-12(9-22)8-15(16)21/h2-8,11,17,20H,10H2,1H3,(H,23,24)/t11-,17-,20-/m1/s1. The Morgan fingerprint density at radius 1 is 1.27 bits per heavy atom. The quantitative estimate of drug-likeness (QED) is 0.657. The van der Waals surface area contributed by atoms with E-state index in [0.29, 0.717) is 11.5 Å². The van der Waals surface area contributed by atoms with Crippen molar-refractivity contribution in [2.24, 2.45) is 0 Å². The number of hydrogen-bond acceptors (Lipinski definition) is 8. The van der Waals surface area contributed by atoms with Crippen molar-refractivity contribution in [3.8, 4) is 23.3 Å². The molecule has 8 nitrogen and oxygen atoms in total. The molecule has 1 aliphatic heterocycles. The van der Waals surface area contributed by atoms with Gasteiger partial charge in [0, 0.05) is 0 Å². The molecule has 0 amide bonds. The van der Waals surface area contributed by atoms with Gasteiger partial charge in [0.05, 0.1) is 17.4 Å². The van der Waals surface area contributed by atoms with E-state index in [4.69, 9.17) is 29.3 Å². The van der Waals surface area contributed by atoms with Gasteiger partial charge in [-0.1, -0.05) is 0 Å². The molecule has 0 unspecified atom stereocenters. The summed E-state index contributed by atoms with van der Waals surface area (Å²) in [5.41, 5.74) is -0.878. The highest BCUT2D eigenvalue weighted by atomic mass is 32.2. The van der Waals surface area contributed by atoms with Gasteiger partial charge in [-0.25, -0.2) is 14.0 Å². The second-order valence-electron chi connectivity index (χ2n) is 6.10. The van der Waals surface area contributed by atoms with E-state index < -0.39 is 35.6 Å². The number of carbonyl (C=O) groups is 2. The minimum Gasteiger partial charge on any atom is -0.479 e. The van der Waals surface area contributed by atoms with E-state index in [1.54, 1.807) is 0 Å². The van der Waals surface area contributed by atoms with Crippen molar-refractivity contribution >= 4 is 23.7 Å². The first-order valence-corrected chi connectivity index (χ1v) is 9.75. The summed E-state index contributed by atoms with van der Waals surface area (Å²) in [6, 6.07) is 11.8. The highest BCUT2D eigenvalue weighted by Crippen LogP contribution is 2.28. The van der Waals surface area contributed by atoms with Gasteiger partial charge in [0.1, 0.15) is 11.5 Å². The smallest absolute Gasteiger partial charge is 0.349 e. The summed E-state index contributed by atoms with van der Waals surface area (Å²) in [7, 11) is 0. The Bertz CT molecular complexity index is 976. The second-order valence-corrected chi connectivity index (χ2v) is 7.19. The number of esters is 1. The van der Waals surface area contributed by atoms with Crippen LogP contribution in [0.25, 0.3) is 0 Å². The van der Waals surface area contributed by atoms with Gasteiger partial charge in [0.15, 0.2) is 17.7 Å². The number of hydrogen-bond donors (Lipinski definition) is 1. The zero-order chi connectivity index (χ0) is 21.7. The third-order valence-electron chi connectivity index (χ3n) is 3.87. The van der Waals surface area contributed by atoms with Crippen molar-refractivity contribution in [3.63, 3.8) is 0 Å². The van der Waals surface area contributed by atoms with Gasteiger partial charge in [-0.2, -0.15) is 5.26 Å². The molecule has 3 atom stereocenters. The SMILES string of the molecule is C[C@@H](Oc1ccc(Oc2ccc(C#N)cc2F)cc1)C(=O)O[C@H]1CS[C@H](C(=O)O)O1. The molecule has 0 aromatic heterocycles. The molecule has 1 aliphatic rings. The summed E-state index contributed by atoms with van der Waals surface area (Å²) in [5.74, 6) is -1.64. The van der Waals surface area contributed by atoms with Crippen LogP contribution in [0.3, 0.4) is 0 Å². The number of aliphatic carboxylic acids is 1. The van der Waals surface area contributed by atoms with Crippen molar-refractivity contribution in [3.05, 3.63) is 53.8 Å². The van der Waals surface area contributed by atoms with Gasteiger partial charge < -0.3 is 24.1 Å². The molecule has 0 spiro atoms. The molecule has 0 bridgehead atoms. The maximum absolute atomic E-state index is 13.9. The number of ether oxygens (including phenoxy) is 4. The molecular formula is C20H16FNO7S. The number of benzene rings is 2. The zero-order valence-corrected chi connectivity index (χ0v) is 16.4. The van der Waals surface area contributed by atoms with E-state index in [0.717, 1.165) is 17.8 Å². The first-order valence-electron chi connectivity index (χ1n) is 8.70. The lowest BCUT2D eigenvalue weighted by molar-refractivity contribution is -0.185. The van der Waals surface area contributed by atoms with Gasteiger partial charge in [-0.05, 0) is 49.4 Å². The summed E-state index contributed by atoms with van der Waals surface area (Å²) < 4.78 is 35.0. The average Bonchev–Trinajstić information content (AvgIpc) is 3.19. The van der Waals surface area contributed by atoms with Crippen LogP contribution in [0.15, 0.2) is 42.5 Å². The summed E-state index contributed by atoms with van der Waals surface area (Å²) in [5, 5.41) is 17.6. The fourth-order valence-corrected chi connectivity index (χ4v) is 3.24. The molecule has 3 rings (SSSR count). The molecular weight excluding hydrogens is 417 g/mol. The Balaban J connectivity index is 1.53. The second kappa shape index (κ2) is 9.47. The molecule has 1 heterocycles. The predicted octanol–water partition coefficient (Wildman–Crippen LogP) is 3.30. The van der Waals surface area contributed by atoms with Crippen LogP contribution in [0.4, 0.5) is 4.39 Å². The fraction of sp³-hybridized carbons (Fsp3) is 0.250. The number of carboxylic acid groups (broad SMARTS) is 1. The van der Waals surface area contributed by atoms with Gasteiger partial charge in [0.2, 0.25) is 11.7 Å². The number of nitriles is 1. The number of halogens is 1. The molecule has 10 heteroatoms. The lowest BCUT2D eigenvalue weighted by Gasteiger charge is -2.17. The van der Waals surface area contributed by atoms with Gasteiger partial charge in [-0.15, -0.1) is 11.8 Å². The minimum atomic E-state index is -1.13. The highest BCUT2D eigenvalue weighted by Gasteiger charge is 2.34. The molecule has 2 aromatic rings. The maximum atomic E-state index is 13.9. The molecule has 0 aliphatic carbocycles. The maximum Gasteiger partial charge on any atom is 0.349 e.